The van der Waals surface area contributed by atoms with Crippen molar-refractivity contribution in [1.82, 2.24) is 9.55 Å². The van der Waals surface area contributed by atoms with Crippen molar-refractivity contribution in [3.05, 3.63) is 12.4 Å². The predicted molar refractivity (Wildman–Crippen MR) is 60.0 cm³/mol. The molecule has 0 unspecified atom stereocenters. The number of nitrogens with zero attached hydrogens (tertiary/aromatic N) is 3. The highest BCUT2D eigenvalue weighted by Gasteiger charge is 2.29. The van der Waals surface area contributed by atoms with E-state index in [1.807, 2.05) is 19.4 Å². The fourth-order valence-corrected chi connectivity index (χ4v) is 1.83. The molecule has 0 radical (unpaired) electrons. The normalized spacial score (nSPS) is 17.2. The molecule has 4 nitrogen and oxygen atoms in total. The van der Waals surface area contributed by atoms with E-state index in [4.69, 9.17) is 4.74 Å². The molecule has 84 valence electrons. The van der Waals surface area contributed by atoms with Gasteiger partial charge in [0.05, 0.1) is 12.7 Å². The summed E-state index contributed by atoms with van der Waals surface area (Å²) in [6.45, 7) is 7.16. The maximum atomic E-state index is 5.59. The van der Waals surface area contributed by atoms with E-state index in [0.717, 1.165) is 25.6 Å². The topological polar surface area (TPSA) is 30.3 Å². The van der Waals surface area contributed by atoms with E-state index >= 15 is 0 Å². The summed E-state index contributed by atoms with van der Waals surface area (Å²) in [6, 6.07) is 0. The van der Waals surface area contributed by atoms with Gasteiger partial charge in [-0.25, -0.2) is 4.98 Å². The average molecular weight is 209 g/mol. The van der Waals surface area contributed by atoms with Crippen molar-refractivity contribution in [1.29, 1.82) is 0 Å². The Labute approximate surface area is 90.9 Å². The summed E-state index contributed by atoms with van der Waals surface area (Å²) in [5.74, 6) is 1.74. The number of anilines is 1. The Morgan fingerprint density at radius 2 is 2.27 bits per heavy atom. The molecule has 1 fully saturated rings. The summed E-state index contributed by atoms with van der Waals surface area (Å²) in [5, 5.41) is 0. The molecule has 0 amide bonds. The predicted octanol–water partition coefficient (Wildman–Crippen LogP) is 1.28. The molecule has 2 heterocycles. The molecular formula is C11H19N3O. The second-order valence-corrected chi connectivity index (χ2v) is 4.49. The van der Waals surface area contributed by atoms with Crippen LogP contribution in [-0.4, -0.2) is 35.4 Å². The van der Waals surface area contributed by atoms with Crippen LogP contribution in [0.3, 0.4) is 0 Å². The summed E-state index contributed by atoms with van der Waals surface area (Å²) in [6.07, 6.45) is 4.16. The van der Waals surface area contributed by atoms with Gasteiger partial charge in [-0.1, -0.05) is 0 Å². The van der Waals surface area contributed by atoms with Crippen LogP contribution < -0.4 is 4.90 Å². The van der Waals surface area contributed by atoms with Crippen molar-refractivity contribution in [2.75, 3.05) is 24.6 Å². The second-order valence-electron chi connectivity index (χ2n) is 4.49. The lowest BCUT2D eigenvalue weighted by atomic mass is 10.0. The Balaban J connectivity index is 1.76. The lowest BCUT2D eigenvalue weighted by Gasteiger charge is -2.39. The maximum absolute atomic E-state index is 5.59. The molecule has 1 aromatic heterocycles. The minimum atomic E-state index is 0.340. The van der Waals surface area contributed by atoms with Gasteiger partial charge in [-0.15, -0.1) is 0 Å². The Morgan fingerprint density at radius 3 is 2.80 bits per heavy atom. The number of aryl methyl sites for hydroxylation is 1. The van der Waals surface area contributed by atoms with E-state index in [9.17, 15) is 0 Å². The minimum absolute atomic E-state index is 0.340. The van der Waals surface area contributed by atoms with Gasteiger partial charge >= 0.3 is 0 Å². The SMILES string of the molecule is CC(C)OCC1CN(c2nccn2C)C1. The number of ether oxygens (including phenoxy) is 1. The Bertz CT molecular complexity index is 315. The first-order valence-electron chi connectivity index (χ1n) is 5.50. The lowest BCUT2D eigenvalue weighted by molar-refractivity contribution is 0.0434. The van der Waals surface area contributed by atoms with Crippen molar-refractivity contribution >= 4 is 5.95 Å². The highest BCUT2D eigenvalue weighted by molar-refractivity contribution is 5.35. The molecule has 1 aliphatic heterocycles. The smallest absolute Gasteiger partial charge is 0.205 e. The standard InChI is InChI=1S/C11H19N3O/c1-9(2)15-8-10-6-14(7-10)11-12-4-5-13(11)3/h4-5,9-10H,6-8H2,1-3H3. The molecule has 0 N–H and O–H groups in total. The third-order valence-corrected chi connectivity index (χ3v) is 2.70. The quantitative estimate of drug-likeness (QED) is 0.748. The van der Waals surface area contributed by atoms with Gasteiger partial charge < -0.3 is 14.2 Å². The van der Waals surface area contributed by atoms with E-state index in [1.54, 1.807) is 0 Å². The van der Waals surface area contributed by atoms with Crippen LogP contribution in [-0.2, 0) is 11.8 Å². The third-order valence-electron chi connectivity index (χ3n) is 2.70. The van der Waals surface area contributed by atoms with Crippen molar-refractivity contribution in [3.8, 4) is 0 Å². The van der Waals surface area contributed by atoms with Gasteiger partial charge in [0.25, 0.3) is 0 Å². The molecule has 1 aliphatic rings. The molecule has 1 saturated heterocycles. The molecule has 0 bridgehead atoms. The summed E-state index contributed by atoms with van der Waals surface area (Å²) < 4.78 is 7.64. The van der Waals surface area contributed by atoms with Crippen LogP contribution in [0.15, 0.2) is 12.4 Å². The first-order chi connectivity index (χ1) is 7.16. The van der Waals surface area contributed by atoms with Gasteiger partial charge in [-0.2, -0.15) is 0 Å². The van der Waals surface area contributed by atoms with Gasteiger partial charge in [-0.05, 0) is 13.8 Å². The van der Waals surface area contributed by atoms with Gasteiger partial charge in [0.2, 0.25) is 5.95 Å². The molecule has 15 heavy (non-hydrogen) atoms. The Hall–Kier alpha value is -1.03. The number of hydrogen-bond donors (Lipinski definition) is 0. The van der Waals surface area contributed by atoms with Gasteiger partial charge in [0.1, 0.15) is 0 Å². The van der Waals surface area contributed by atoms with Crippen molar-refractivity contribution in [2.24, 2.45) is 13.0 Å². The highest BCUT2D eigenvalue weighted by atomic mass is 16.5. The van der Waals surface area contributed by atoms with Crippen LogP contribution >= 0.6 is 0 Å². The minimum Gasteiger partial charge on any atom is -0.378 e. The van der Waals surface area contributed by atoms with Crippen LogP contribution in [0.25, 0.3) is 0 Å². The van der Waals surface area contributed by atoms with Gasteiger partial charge in [0.15, 0.2) is 0 Å². The van der Waals surface area contributed by atoms with E-state index in [-0.39, 0.29) is 0 Å². The van der Waals surface area contributed by atoms with Crippen molar-refractivity contribution in [2.45, 2.75) is 20.0 Å². The molecule has 0 aromatic carbocycles. The van der Waals surface area contributed by atoms with Crippen LogP contribution in [0, 0.1) is 5.92 Å². The zero-order valence-corrected chi connectivity index (χ0v) is 9.68. The van der Waals surface area contributed by atoms with Crippen LogP contribution in [0.2, 0.25) is 0 Å². The Morgan fingerprint density at radius 1 is 1.53 bits per heavy atom. The third kappa shape index (κ3) is 2.31. The molecule has 0 saturated carbocycles. The summed E-state index contributed by atoms with van der Waals surface area (Å²) in [7, 11) is 2.03. The van der Waals surface area contributed by atoms with Gasteiger partial charge in [0, 0.05) is 38.4 Å². The second kappa shape index (κ2) is 4.23. The number of aromatic nitrogens is 2. The molecule has 0 atom stereocenters. The van der Waals surface area contributed by atoms with Crippen LogP contribution in [0.4, 0.5) is 5.95 Å². The lowest BCUT2D eigenvalue weighted by Crippen LogP contribution is -2.50. The summed E-state index contributed by atoms with van der Waals surface area (Å²) >= 11 is 0. The van der Waals surface area contributed by atoms with E-state index < -0.39 is 0 Å². The molecule has 0 aliphatic carbocycles. The zero-order valence-electron chi connectivity index (χ0n) is 9.68. The fraction of sp³-hybridized carbons (Fsp3) is 0.727. The highest BCUT2D eigenvalue weighted by Crippen LogP contribution is 2.22. The number of rotatable bonds is 4. The van der Waals surface area contributed by atoms with E-state index in [2.05, 4.69) is 28.3 Å². The van der Waals surface area contributed by atoms with E-state index in [0.29, 0.717) is 12.0 Å². The first-order valence-corrected chi connectivity index (χ1v) is 5.50. The zero-order chi connectivity index (χ0) is 10.8. The first kappa shape index (κ1) is 10.5. The summed E-state index contributed by atoms with van der Waals surface area (Å²) in [5.41, 5.74) is 0. The van der Waals surface area contributed by atoms with Crippen LogP contribution in [0.1, 0.15) is 13.8 Å². The molecule has 1 aromatic rings. The van der Waals surface area contributed by atoms with Crippen LogP contribution in [0.5, 0.6) is 0 Å². The molecule has 4 heteroatoms. The largest absolute Gasteiger partial charge is 0.378 e. The van der Waals surface area contributed by atoms with Crippen molar-refractivity contribution in [3.63, 3.8) is 0 Å². The molecule has 0 spiro atoms. The number of imidazole rings is 1. The van der Waals surface area contributed by atoms with E-state index in [1.165, 1.54) is 0 Å². The summed E-state index contributed by atoms with van der Waals surface area (Å²) in [4.78, 5) is 6.60. The molecule has 2 rings (SSSR count). The van der Waals surface area contributed by atoms with Gasteiger partial charge in [-0.3, -0.25) is 0 Å². The monoisotopic (exact) mass is 209 g/mol. The average Bonchev–Trinajstić information content (AvgIpc) is 2.49. The van der Waals surface area contributed by atoms with Crippen molar-refractivity contribution < 1.29 is 4.74 Å². The maximum Gasteiger partial charge on any atom is 0.205 e. The fourth-order valence-electron chi connectivity index (χ4n) is 1.83. The number of hydrogen-bond acceptors (Lipinski definition) is 3. The Kier molecular flexibility index (Phi) is 2.95. The molecular weight excluding hydrogens is 190 g/mol.